The van der Waals surface area contributed by atoms with Crippen molar-refractivity contribution in [2.24, 2.45) is 0 Å². The van der Waals surface area contributed by atoms with E-state index in [1.807, 2.05) is 30.3 Å². The summed E-state index contributed by atoms with van der Waals surface area (Å²) in [7, 11) is 0. The Bertz CT molecular complexity index is 726. The van der Waals surface area contributed by atoms with E-state index in [1.54, 1.807) is 18.2 Å². The summed E-state index contributed by atoms with van der Waals surface area (Å²) in [5.41, 5.74) is 5.60. The predicted molar refractivity (Wildman–Crippen MR) is 86.2 cm³/mol. The summed E-state index contributed by atoms with van der Waals surface area (Å²) in [5.74, 6) is 0.580. The molecule has 0 radical (unpaired) electrons. The molecule has 0 saturated carbocycles. The van der Waals surface area contributed by atoms with Crippen molar-refractivity contribution in [2.75, 3.05) is 0 Å². The number of rotatable bonds is 2. The monoisotopic (exact) mass is 278 g/mol. The van der Waals surface area contributed by atoms with E-state index in [9.17, 15) is 10.2 Å². The lowest BCUT2D eigenvalue weighted by molar-refractivity contribution is 0.474. The van der Waals surface area contributed by atoms with Gasteiger partial charge in [-0.15, -0.1) is 0 Å². The Balaban J connectivity index is 2.21. The van der Waals surface area contributed by atoms with Crippen molar-refractivity contribution in [3.05, 3.63) is 71.8 Å². The van der Waals surface area contributed by atoms with E-state index in [0.29, 0.717) is 5.75 Å². The van der Waals surface area contributed by atoms with Gasteiger partial charge in [-0.3, -0.25) is 0 Å². The number of aromatic hydroxyl groups is 2. The molecule has 2 N–H and O–H groups in total. The van der Waals surface area contributed by atoms with E-state index >= 15 is 0 Å². The molecule has 2 nitrogen and oxygen atoms in total. The summed E-state index contributed by atoms with van der Waals surface area (Å²) >= 11 is 0. The molecule has 0 atom stereocenters. The van der Waals surface area contributed by atoms with E-state index in [2.05, 4.69) is 6.58 Å². The molecular formula is C19H18O2. The first kappa shape index (κ1) is 13.5. The van der Waals surface area contributed by atoms with Crippen LogP contribution in [0.3, 0.4) is 0 Å². The van der Waals surface area contributed by atoms with Gasteiger partial charge in [-0.1, -0.05) is 30.9 Å². The molecule has 0 aliphatic heterocycles. The van der Waals surface area contributed by atoms with Crippen LogP contribution in [0.15, 0.2) is 55.1 Å². The Morgan fingerprint density at radius 1 is 0.952 bits per heavy atom. The second-order valence-corrected chi connectivity index (χ2v) is 5.34. The van der Waals surface area contributed by atoms with Crippen LogP contribution in [0.4, 0.5) is 0 Å². The largest absolute Gasteiger partial charge is 0.508 e. The third-order valence-electron chi connectivity index (χ3n) is 3.98. The fourth-order valence-corrected chi connectivity index (χ4v) is 3.03. The molecule has 2 heteroatoms. The number of hydrogen-bond donors (Lipinski definition) is 2. The summed E-state index contributed by atoms with van der Waals surface area (Å²) in [5, 5.41) is 19.4. The third kappa shape index (κ3) is 2.57. The molecule has 0 aromatic heterocycles. The standard InChI is InChI=1S/C19H18O2/c1-2-17-18(13-5-3-7-15(20)11-13)8-4-6-14-12-16(21)9-10-19(14)17/h2-3,5,7,9-12,20-21H,1,4,6,8H2. The van der Waals surface area contributed by atoms with Crippen molar-refractivity contribution in [1.82, 2.24) is 0 Å². The summed E-state index contributed by atoms with van der Waals surface area (Å²) in [6.07, 6.45) is 4.75. The molecule has 1 aliphatic carbocycles. The van der Waals surface area contributed by atoms with Crippen molar-refractivity contribution in [2.45, 2.75) is 19.3 Å². The van der Waals surface area contributed by atoms with Gasteiger partial charge >= 0.3 is 0 Å². The molecular weight excluding hydrogens is 260 g/mol. The van der Waals surface area contributed by atoms with Gasteiger partial charge in [-0.25, -0.2) is 0 Å². The highest BCUT2D eigenvalue weighted by Gasteiger charge is 2.17. The molecule has 3 rings (SSSR count). The van der Waals surface area contributed by atoms with Gasteiger partial charge in [0.25, 0.3) is 0 Å². The number of phenolic OH excluding ortho intramolecular Hbond substituents is 2. The number of aryl methyl sites for hydroxylation is 1. The highest BCUT2D eigenvalue weighted by Crippen LogP contribution is 2.38. The van der Waals surface area contributed by atoms with Crippen molar-refractivity contribution < 1.29 is 10.2 Å². The average molecular weight is 278 g/mol. The molecule has 0 amide bonds. The van der Waals surface area contributed by atoms with E-state index in [1.165, 1.54) is 5.57 Å². The Morgan fingerprint density at radius 3 is 2.52 bits per heavy atom. The van der Waals surface area contributed by atoms with Gasteiger partial charge in [0, 0.05) is 0 Å². The molecule has 0 bridgehead atoms. The molecule has 0 fully saturated rings. The normalized spacial score (nSPS) is 14.5. The van der Waals surface area contributed by atoms with Crippen LogP contribution in [0.1, 0.15) is 29.5 Å². The van der Waals surface area contributed by atoms with Crippen LogP contribution < -0.4 is 0 Å². The van der Waals surface area contributed by atoms with Gasteiger partial charge in [-0.2, -0.15) is 0 Å². The molecule has 0 spiro atoms. The first-order chi connectivity index (χ1) is 10.2. The summed E-state index contributed by atoms with van der Waals surface area (Å²) in [6.45, 7) is 3.96. The van der Waals surface area contributed by atoms with Crippen molar-refractivity contribution in [3.63, 3.8) is 0 Å². The minimum absolute atomic E-state index is 0.276. The second-order valence-electron chi connectivity index (χ2n) is 5.34. The van der Waals surface area contributed by atoms with Crippen molar-refractivity contribution >= 4 is 11.1 Å². The average Bonchev–Trinajstić information content (AvgIpc) is 2.65. The quantitative estimate of drug-likeness (QED) is 0.847. The minimum atomic E-state index is 0.276. The van der Waals surface area contributed by atoms with Crippen LogP contribution >= 0.6 is 0 Å². The van der Waals surface area contributed by atoms with Gasteiger partial charge in [0.05, 0.1) is 0 Å². The van der Waals surface area contributed by atoms with Crippen LogP contribution in [-0.4, -0.2) is 10.2 Å². The van der Waals surface area contributed by atoms with E-state index in [0.717, 1.165) is 41.5 Å². The van der Waals surface area contributed by atoms with E-state index in [4.69, 9.17) is 0 Å². The molecule has 0 unspecified atom stereocenters. The van der Waals surface area contributed by atoms with Gasteiger partial charge in [0.2, 0.25) is 0 Å². The highest BCUT2D eigenvalue weighted by atomic mass is 16.3. The lowest BCUT2D eigenvalue weighted by Gasteiger charge is -2.12. The summed E-state index contributed by atoms with van der Waals surface area (Å²) in [6, 6.07) is 12.9. The second kappa shape index (κ2) is 5.49. The number of allylic oxidation sites excluding steroid dienone is 3. The number of hydrogen-bond acceptors (Lipinski definition) is 2. The minimum Gasteiger partial charge on any atom is -0.508 e. The molecule has 0 saturated heterocycles. The Labute approximate surface area is 124 Å². The maximum Gasteiger partial charge on any atom is 0.116 e. The van der Waals surface area contributed by atoms with Crippen LogP contribution in [-0.2, 0) is 6.42 Å². The molecule has 2 aromatic rings. The van der Waals surface area contributed by atoms with Gasteiger partial charge in [0.15, 0.2) is 0 Å². The van der Waals surface area contributed by atoms with Gasteiger partial charge in [0.1, 0.15) is 11.5 Å². The summed E-state index contributed by atoms with van der Waals surface area (Å²) < 4.78 is 0. The Hall–Kier alpha value is -2.48. The number of fused-ring (bicyclic) bond motifs is 1. The summed E-state index contributed by atoms with van der Waals surface area (Å²) in [4.78, 5) is 0. The zero-order valence-electron chi connectivity index (χ0n) is 11.8. The first-order valence-corrected chi connectivity index (χ1v) is 7.16. The predicted octanol–water partition coefficient (Wildman–Crippen LogP) is 4.53. The smallest absolute Gasteiger partial charge is 0.116 e. The third-order valence-corrected chi connectivity index (χ3v) is 3.98. The highest BCUT2D eigenvalue weighted by molar-refractivity contribution is 5.96. The fourth-order valence-electron chi connectivity index (χ4n) is 3.03. The lowest BCUT2D eigenvalue weighted by Crippen LogP contribution is -1.91. The molecule has 106 valence electrons. The van der Waals surface area contributed by atoms with Gasteiger partial charge < -0.3 is 10.2 Å². The van der Waals surface area contributed by atoms with Crippen LogP contribution in [0.25, 0.3) is 11.1 Å². The Morgan fingerprint density at radius 2 is 1.76 bits per heavy atom. The van der Waals surface area contributed by atoms with E-state index < -0.39 is 0 Å². The zero-order chi connectivity index (χ0) is 14.8. The SMILES string of the molecule is C=CC1=C(c2cccc(O)c2)CCCc2cc(O)ccc21. The lowest BCUT2D eigenvalue weighted by atomic mass is 9.92. The van der Waals surface area contributed by atoms with E-state index in [-0.39, 0.29) is 5.75 Å². The molecule has 0 heterocycles. The van der Waals surface area contributed by atoms with Crippen LogP contribution in [0.5, 0.6) is 11.5 Å². The number of benzene rings is 2. The van der Waals surface area contributed by atoms with Gasteiger partial charge in [-0.05, 0) is 71.4 Å². The molecule has 2 aromatic carbocycles. The molecule has 21 heavy (non-hydrogen) atoms. The van der Waals surface area contributed by atoms with Crippen LogP contribution in [0.2, 0.25) is 0 Å². The topological polar surface area (TPSA) is 40.5 Å². The molecule has 1 aliphatic rings. The zero-order valence-corrected chi connectivity index (χ0v) is 11.8. The Kier molecular flexibility index (Phi) is 3.53. The van der Waals surface area contributed by atoms with Crippen molar-refractivity contribution in [1.29, 1.82) is 0 Å². The van der Waals surface area contributed by atoms with Crippen LogP contribution in [0, 0.1) is 0 Å². The fraction of sp³-hybridized carbons (Fsp3) is 0.158. The van der Waals surface area contributed by atoms with Crippen molar-refractivity contribution in [3.8, 4) is 11.5 Å². The maximum absolute atomic E-state index is 9.72. The number of phenols is 2. The first-order valence-electron chi connectivity index (χ1n) is 7.16. The maximum atomic E-state index is 9.72.